The minimum atomic E-state index is -0.329. The van der Waals surface area contributed by atoms with Gasteiger partial charge in [-0.1, -0.05) is 23.2 Å². The van der Waals surface area contributed by atoms with Gasteiger partial charge >= 0.3 is 0 Å². The molecule has 0 aliphatic heterocycles. The summed E-state index contributed by atoms with van der Waals surface area (Å²) < 4.78 is 0. The van der Waals surface area contributed by atoms with Crippen LogP contribution in [0.1, 0.15) is 10.5 Å². The lowest BCUT2D eigenvalue weighted by Crippen LogP contribution is -2.12. The van der Waals surface area contributed by atoms with Crippen molar-refractivity contribution in [3.8, 4) is 10.7 Å². The number of halogens is 2. The van der Waals surface area contributed by atoms with Crippen molar-refractivity contribution in [1.82, 2.24) is 15.0 Å². The third-order valence-corrected chi connectivity index (χ3v) is 4.30. The lowest BCUT2D eigenvalue weighted by molar-refractivity contribution is 0.102. The number of amides is 1. The monoisotopic (exact) mass is 350 g/mol. The van der Waals surface area contributed by atoms with Gasteiger partial charge in [-0.2, -0.15) is 0 Å². The van der Waals surface area contributed by atoms with E-state index in [0.29, 0.717) is 32.1 Å². The van der Waals surface area contributed by atoms with E-state index in [1.807, 2.05) is 0 Å². The molecule has 0 unspecified atom stereocenters. The number of carbonyl (C=O) groups excluding carboxylic acids is 1. The van der Waals surface area contributed by atoms with Crippen LogP contribution in [0.15, 0.2) is 42.2 Å². The van der Waals surface area contributed by atoms with Gasteiger partial charge in [-0.25, -0.2) is 4.98 Å². The fourth-order valence-electron chi connectivity index (χ4n) is 1.67. The molecule has 8 heteroatoms. The highest BCUT2D eigenvalue weighted by Crippen LogP contribution is 2.26. The van der Waals surface area contributed by atoms with Crippen molar-refractivity contribution < 1.29 is 4.79 Å². The van der Waals surface area contributed by atoms with Crippen LogP contribution in [0.25, 0.3) is 10.7 Å². The van der Waals surface area contributed by atoms with Crippen LogP contribution >= 0.6 is 34.5 Å². The Morgan fingerprint density at radius 1 is 1.18 bits per heavy atom. The highest BCUT2D eigenvalue weighted by Gasteiger charge is 2.13. The molecule has 1 N–H and O–H groups in total. The van der Waals surface area contributed by atoms with E-state index in [1.54, 1.807) is 42.2 Å². The minimum absolute atomic E-state index is 0.303. The number of carbonyl (C=O) groups is 1. The van der Waals surface area contributed by atoms with Crippen molar-refractivity contribution in [1.29, 1.82) is 0 Å². The molecule has 0 spiro atoms. The number of hydrogen-bond donors (Lipinski definition) is 1. The molecule has 2 heterocycles. The van der Waals surface area contributed by atoms with Crippen LogP contribution in [0.4, 0.5) is 5.69 Å². The highest BCUT2D eigenvalue weighted by atomic mass is 35.5. The van der Waals surface area contributed by atoms with E-state index in [9.17, 15) is 4.79 Å². The van der Waals surface area contributed by atoms with Crippen LogP contribution in [0.2, 0.25) is 10.0 Å². The zero-order chi connectivity index (χ0) is 15.5. The van der Waals surface area contributed by atoms with Crippen LogP contribution < -0.4 is 5.32 Å². The molecule has 0 radical (unpaired) electrons. The molecule has 3 aromatic rings. The minimum Gasteiger partial charge on any atom is -0.321 e. The number of aromatic nitrogens is 3. The fourth-order valence-corrected chi connectivity index (χ4v) is 2.73. The second-order valence-electron chi connectivity index (χ2n) is 4.21. The molecule has 0 bridgehead atoms. The predicted octanol–water partition coefficient (Wildman–Crippen LogP) is 4.16. The van der Waals surface area contributed by atoms with Crippen molar-refractivity contribution in [2.75, 3.05) is 5.32 Å². The number of benzene rings is 1. The van der Waals surface area contributed by atoms with Crippen LogP contribution in [0.5, 0.6) is 0 Å². The van der Waals surface area contributed by atoms with E-state index in [1.165, 1.54) is 11.3 Å². The van der Waals surface area contributed by atoms with Crippen LogP contribution in [0.3, 0.4) is 0 Å². The first-order valence-electron chi connectivity index (χ1n) is 6.12. The van der Waals surface area contributed by atoms with E-state index >= 15 is 0 Å². The Morgan fingerprint density at radius 2 is 2.05 bits per heavy atom. The highest BCUT2D eigenvalue weighted by molar-refractivity contribution is 7.13. The topological polar surface area (TPSA) is 67.8 Å². The normalized spacial score (nSPS) is 10.5. The van der Waals surface area contributed by atoms with Crippen LogP contribution in [0, 0.1) is 0 Å². The first-order valence-corrected chi connectivity index (χ1v) is 7.75. The summed E-state index contributed by atoms with van der Waals surface area (Å²) in [5.41, 5.74) is 1.48. The first-order chi connectivity index (χ1) is 10.6. The Bertz CT molecular complexity index is 823. The number of nitrogens with one attached hydrogen (secondary N) is 1. The SMILES string of the molecule is O=C(Nc1ccc(Cl)c(Cl)c1)c1csc(-c2cnccn2)n1. The summed E-state index contributed by atoms with van der Waals surface area (Å²) in [6.45, 7) is 0. The molecular formula is C14H8Cl2N4OS. The molecule has 0 saturated carbocycles. The summed E-state index contributed by atoms with van der Waals surface area (Å²) in [5.74, 6) is -0.329. The standard InChI is InChI=1S/C14H8Cl2N4OS/c15-9-2-1-8(5-10(9)16)19-13(21)12-7-22-14(20-12)11-6-17-3-4-18-11/h1-7H,(H,19,21). The Hall–Kier alpha value is -2.02. The maximum atomic E-state index is 12.2. The number of anilines is 1. The molecule has 0 atom stereocenters. The number of thiazole rings is 1. The molecule has 3 rings (SSSR count). The zero-order valence-electron chi connectivity index (χ0n) is 11.0. The smallest absolute Gasteiger partial charge is 0.275 e. The molecule has 1 aromatic carbocycles. The summed E-state index contributed by atoms with van der Waals surface area (Å²) in [5, 5.41) is 5.81. The molecule has 1 amide bonds. The maximum absolute atomic E-state index is 12.2. The van der Waals surface area contributed by atoms with Crippen molar-refractivity contribution in [2.24, 2.45) is 0 Å². The molecule has 22 heavy (non-hydrogen) atoms. The van der Waals surface area contributed by atoms with E-state index in [4.69, 9.17) is 23.2 Å². The average molecular weight is 351 g/mol. The van der Waals surface area contributed by atoms with Gasteiger partial charge in [0.05, 0.1) is 16.2 Å². The average Bonchev–Trinajstić information content (AvgIpc) is 3.02. The lowest BCUT2D eigenvalue weighted by Gasteiger charge is -2.04. The van der Waals surface area contributed by atoms with Gasteiger partial charge in [0.15, 0.2) is 0 Å². The molecule has 0 saturated heterocycles. The molecule has 5 nitrogen and oxygen atoms in total. The van der Waals surface area contributed by atoms with Crippen molar-refractivity contribution in [3.63, 3.8) is 0 Å². The quantitative estimate of drug-likeness (QED) is 0.769. The van der Waals surface area contributed by atoms with Crippen molar-refractivity contribution in [3.05, 3.63) is 57.9 Å². The molecule has 2 aromatic heterocycles. The third-order valence-electron chi connectivity index (χ3n) is 2.70. The van der Waals surface area contributed by atoms with Gasteiger partial charge in [0.1, 0.15) is 16.4 Å². The Kier molecular flexibility index (Phi) is 4.33. The van der Waals surface area contributed by atoms with Gasteiger partial charge < -0.3 is 5.32 Å². The van der Waals surface area contributed by atoms with Crippen molar-refractivity contribution in [2.45, 2.75) is 0 Å². The van der Waals surface area contributed by atoms with Crippen molar-refractivity contribution >= 4 is 46.1 Å². The van der Waals surface area contributed by atoms with Gasteiger partial charge in [0.25, 0.3) is 5.91 Å². The van der Waals surface area contributed by atoms with Crippen LogP contribution in [-0.2, 0) is 0 Å². The Balaban J connectivity index is 1.78. The second kappa shape index (κ2) is 6.39. The third kappa shape index (κ3) is 3.24. The van der Waals surface area contributed by atoms with Gasteiger partial charge in [0, 0.05) is 23.5 Å². The Labute approximate surface area is 140 Å². The molecule has 0 fully saturated rings. The first kappa shape index (κ1) is 14.9. The second-order valence-corrected chi connectivity index (χ2v) is 5.88. The van der Waals surface area contributed by atoms with Gasteiger partial charge in [-0.3, -0.25) is 14.8 Å². The summed E-state index contributed by atoms with van der Waals surface area (Å²) in [6.07, 6.45) is 4.75. The van der Waals surface area contributed by atoms with Gasteiger partial charge in [0.2, 0.25) is 0 Å². The van der Waals surface area contributed by atoms with E-state index in [2.05, 4.69) is 20.3 Å². The van der Waals surface area contributed by atoms with E-state index in [0.717, 1.165) is 0 Å². The Morgan fingerprint density at radius 3 is 2.77 bits per heavy atom. The summed E-state index contributed by atoms with van der Waals surface area (Å²) in [7, 11) is 0. The summed E-state index contributed by atoms with van der Waals surface area (Å²) >= 11 is 13.1. The maximum Gasteiger partial charge on any atom is 0.275 e. The lowest BCUT2D eigenvalue weighted by atomic mass is 10.3. The summed E-state index contributed by atoms with van der Waals surface area (Å²) in [4.78, 5) is 24.6. The van der Waals surface area contributed by atoms with Gasteiger partial charge in [-0.15, -0.1) is 11.3 Å². The molecular weight excluding hydrogens is 343 g/mol. The predicted molar refractivity (Wildman–Crippen MR) is 87.6 cm³/mol. The number of rotatable bonds is 3. The number of nitrogens with zero attached hydrogens (tertiary/aromatic N) is 3. The molecule has 0 aliphatic rings. The summed E-state index contributed by atoms with van der Waals surface area (Å²) in [6, 6.07) is 4.87. The number of hydrogen-bond acceptors (Lipinski definition) is 5. The molecule has 0 aliphatic carbocycles. The fraction of sp³-hybridized carbons (Fsp3) is 0. The van der Waals surface area contributed by atoms with Crippen LogP contribution in [-0.4, -0.2) is 20.9 Å². The van der Waals surface area contributed by atoms with E-state index in [-0.39, 0.29) is 5.91 Å². The molecule has 110 valence electrons. The largest absolute Gasteiger partial charge is 0.321 e. The van der Waals surface area contributed by atoms with E-state index < -0.39 is 0 Å². The zero-order valence-corrected chi connectivity index (χ0v) is 13.3. The van der Waals surface area contributed by atoms with Gasteiger partial charge in [-0.05, 0) is 18.2 Å².